The Morgan fingerprint density at radius 2 is 1.74 bits per heavy atom. The third-order valence-electron chi connectivity index (χ3n) is 9.22. The van der Waals surface area contributed by atoms with E-state index in [9.17, 15) is 9.00 Å². The second kappa shape index (κ2) is 15.4. The van der Waals surface area contributed by atoms with Crippen LogP contribution in [0.3, 0.4) is 0 Å². The monoisotopic (exact) mass is 685 g/mol. The number of ether oxygens (including phenoxy) is 1. The van der Waals surface area contributed by atoms with E-state index in [1.807, 2.05) is 30.3 Å². The first kappa shape index (κ1) is 33.1. The highest BCUT2D eigenvalue weighted by molar-refractivity contribution is 7.63. The van der Waals surface area contributed by atoms with E-state index in [0.29, 0.717) is 39.7 Å². The summed E-state index contributed by atoms with van der Waals surface area (Å²) in [4.78, 5) is 28.2. The van der Waals surface area contributed by atoms with E-state index in [1.54, 1.807) is 19.2 Å². The molecule has 4 heterocycles. The lowest BCUT2D eigenvalue weighted by atomic mass is 9.86. The second-order valence-corrected chi connectivity index (χ2v) is 13.8. The number of anilines is 1. The first-order chi connectivity index (χ1) is 22.3. The van der Waals surface area contributed by atoms with Crippen LogP contribution in [0.25, 0.3) is 11.3 Å². The Morgan fingerprint density at radius 1 is 1.00 bits per heavy atom. The van der Waals surface area contributed by atoms with Crippen molar-refractivity contribution in [1.82, 2.24) is 29.8 Å². The number of nitrogens with one attached hydrogen (secondary N) is 2. The molecule has 2 aliphatic heterocycles. The molecule has 1 amide bonds. The van der Waals surface area contributed by atoms with Crippen LogP contribution in [-0.2, 0) is 23.2 Å². The Bertz CT molecular complexity index is 1490. The molecule has 0 unspecified atom stereocenters. The van der Waals surface area contributed by atoms with E-state index in [4.69, 9.17) is 37.9 Å². The van der Waals surface area contributed by atoms with Crippen LogP contribution in [-0.4, -0.2) is 87.8 Å². The van der Waals surface area contributed by atoms with Crippen molar-refractivity contribution in [2.45, 2.75) is 51.2 Å². The normalized spacial score (nSPS) is 21.2. The molecule has 1 aliphatic carbocycles. The molecule has 1 aromatic carbocycles. The Morgan fingerprint density at radius 3 is 2.39 bits per heavy atom. The molecule has 10 nitrogen and oxygen atoms in total. The molecule has 46 heavy (non-hydrogen) atoms. The molecule has 2 saturated heterocycles. The molecule has 0 bridgehead atoms. The van der Waals surface area contributed by atoms with E-state index in [0.717, 1.165) is 101 Å². The van der Waals surface area contributed by atoms with Crippen LogP contribution in [0.2, 0.25) is 10.0 Å². The largest absolute Gasteiger partial charge is 0.437 e. The number of piperidine rings is 1. The number of pyridine rings is 2. The molecule has 0 radical (unpaired) electrons. The van der Waals surface area contributed by atoms with Crippen LogP contribution in [0.15, 0.2) is 48.7 Å². The van der Waals surface area contributed by atoms with Gasteiger partial charge >= 0.3 is 0 Å². The Labute approximate surface area is 284 Å². The molecule has 246 valence electrons. The number of hydrogen-bond acceptors (Lipinski definition) is 8. The number of benzene rings is 1. The number of aromatic nitrogens is 2. The van der Waals surface area contributed by atoms with Crippen molar-refractivity contribution in [2.24, 2.45) is 5.92 Å². The summed E-state index contributed by atoms with van der Waals surface area (Å²) in [6, 6.07) is 14.4. The standard InChI is InChI=1S/C33H41Cl2N7O3S/c1-22(43)36-19-23-4-6-40(7-5-23)21-24-12-31(25-14-26(34)16-27(35)15-25)38-33(13-24)45-30-2-3-32(37-20-30)42-10-8-41(9-11-42)29-17-28(18-29)39-46-44/h2-3,12-16,20,23,28-29,46H,4-11,17-19,21H2,1H3,(H,36,43)(H,39,44)/t28-,29-. The van der Waals surface area contributed by atoms with Gasteiger partial charge in [0.15, 0.2) is 0 Å². The first-order valence-electron chi connectivity index (χ1n) is 16.0. The van der Waals surface area contributed by atoms with Gasteiger partial charge in [-0.1, -0.05) is 23.2 Å². The maximum absolute atomic E-state index is 11.3. The van der Waals surface area contributed by atoms with Gasteiger partial charge in [-0.3, -0.25) is 14.6 Å². The van der Waals surface area contributed by atoms with Gasteiger partial charge in [-0.05, 0) is 86.7 Å². The molecular formula is C33H41Cl2N7O3S. The quantitative estimate of drug-likeness (QED) is 0.250. The van der Waals surface area contributed by atoms with Gasteiger partial charge in [-0.25, -0.2) is 18.9 Å². The van der Waals surface area contributed by atoms with Crippen LogP contribution in [0, 0.1) is 5.92 Å². The molecule has 0 spiro atoms. The van der Waals surface area contributed by atoms with Crippen LogP contribution in [0.5, 0.6) is 11.6 Å². The molecule has 3 fully saturated rings. The van der Waals surface area contributed by atoms with Gasteiger partial charge < -0.3 is 15.0 Å². The highest BCUT2D eigenvalue weighted by atomic mass is 35.5. The summed E-state index contributed by atoms with van der Waals surface area (Å²) in [5, 5.41) is 4.05. The smallest absolute Gasteiger partial charge is 0.220 e. The summed E-state index contributed by atoms with van der Waals surface area (Å²) >= 11 is 12.7. The molecule has 3 aromatic rings. The van der Waals surface area contributed by atoms with E-state index in [-0.39, 0.29) is 17.8 Å². The molecule has 2 aromatic heterocycles. The molecule has 1 saturated carbocycles. The summed E-state index contributed by atoms with van der Waals surface area (Å²) in [5.74, 6) is 2.56. The number of thiol groups is 1. The number of halogens is 2. The van der Waals surface area contributed by atoms with Crippen molar-refractivity contribution < 1.29 is 13.7 Å². The lowest BCUT2D eigenvalue weighted by Crippen LogP contribution is -2.57. The SMILES string of the molecule is CC(=O)NCC1CCN(Cc2cc(Oc3ccc(N4CCN([C@H]5C[C@H](N[SH]=O)C5)CC4)nc3)nc(-c3cc(Cl)cc(Cl)c3)c2)CC1. The Hall–Kier alpha value is -2.80. The van der Waals surface area contributed by atoms with Crippen molar-refractivity contribution in [2.75, 3.05) is 50.7 Å². The number of likely N-dealkylation sites (tertiary alicyclic amines) is 1. The van der Waals surface area contributed by atoms with E-state index in [2.05, 4.69) is 30.8 Å². The lowest BCUT2D eigenvalue weighted by molar-refractivity contribution is -0.119. The summed E-state index contributed by atoms with van der Waals surface area (Å²) in [6.07, 6.45) is 5.95. The van der Waals surface area contributed by atoms with E-state index >= 15 is 0 Å². The molecular weight excluding hydrogens is 645 g/mol. The highest BCUT2D eigenvalue weighted by Crippen LogP contribution is 2.32. The van der Waals surface area contributed by atoms with Gasteiger partial charge in [-0.2, -0.15) is 0 Å². The number of hydrogen-bond donors (Lipinski definition) is 3. The predicted molar refractivity (Wildman–Crippen MR) is 184 cm³/mol. The fourth-order valence-electron chi connectivity index (χ4n) is 6.57. The minimum atomic E-state index is 0.0256. The third-order valence-corrected chi connectivity index (χ3v) is 10.1. The van der Waals surface area contributed by atoms with Gasteiger partial charge in [-0.15, -0.1) is 0 Å². The van der Waals surface area contributed by atoms with Gasteiger partial charge in [0.25, 0.3) is 0 Å². The molecule has 2 N–H and O–H groups in total. The zero-order chi connectivity index (χ0) is 32.0. The van der Waals surface area contributed by atoms with Crippen molar-refractivity contribution in [3.8, 4) is 22.9 Å². The fraction of sp³-hybridized carbons (Fsp3) is 0.485. The van der Waals surface area contributed by atoms with Crippen molar-refractivity contribution >= 4 is 46.8 Å². The third kappa shape index (κ3) is 8.76. The van der Waals surface area contributed by atoms with Crippen molar-refractivity contribution in [1.29, 1.82) is 0 Å². The number of amides is 1. The highest BCUT2D eigenvalue weighted by Gasteiger charge is 2.35. The number of nitrogens with zero attached hydrogens (tertiary/aromatic N) is 5. The molecule has 0 atom stereocenters. The van der Waals surface area contributed by atoms with Gasteiger partial charge in [0.2, 0.25) is 11.8 Å². The Kier molecular flexibility index (Phi) is 11.1. The zero-order valence-electron chi connectivity index (χ0n) is 26.0. The number of carbonyl (C=O) groups is 1. The first-order valence-corrected chi connectivity index (χ1v) is 17.5. The van der Waals surface area contributed by atoms with Crippen LogP contribution < -0.4 is 19.7 Å². The maximum Gasteiger partial charge on any atom is 0.220 e. The zero-order valence-corrected chi connectivity index (χ0v) is 28.4. The topological polar surface area (TPSA) is 103 Å². The lowest BCUT2D eigenvalue weighted by Gasteiger charge is -2.46. The number of piperazine rings is 1. The molecule has 13 heteroatoms. The maximum atomic E-state index is 11.3. The van der Waals surface area contributed by atoms with Crippen LogP contribution in [0.1, 0.15) is 38.2 Å². The van der Waals surface area contributed by atoms with E-state index in [1.165, 1.54) is 0 Å². The summed E-state index contributed by atoms with van der Waals surface area (Å²) in [5.41, 5.74) is 2.64. The minimum Gasteiger partial charge on any atom is -0.437 e. The van der Waals surface area contributed by atoms with Gasteiger partial charge in [0.1, 0.15) is 11.6 Å². The van der Waals surface area contributed by atoms with Crippen molar-refractivity contribution in [3.63, 3.8) is 0 Å². The van der Waals surface area contributed by atoms with Gasteiger partial charge in [0, 0.05) is 80.0 Å². The fourth-order valence-corrected chi connectivity index (χ4v) is 7.46. The second-order valence-electron chi connectivity index (χ2n) is 12.5. The van der Waals surface area contributed by atoms with Crippen molar-refractivity contribution in [3.05, 3.63) is 64.3 Å². The van der Waals surface area contributed by atoms with E-state index < -0.39 is 0 Å². The van der Waals surface area contributed by atoms with Crippen LogP contribution in [0.4, 0.5) is 5.82 Å². The summed E-state index contributed by atoms with van der Waals surface area (Å²) in [7, 11) is 0. The number of carbonyl (C=O) groups excluding carboxylic acids is 1. The molecule has 6 rings (SSSR count). The van der Waals surface area contributed by atoms with Gasteiger partial charge in [0.05, 0.1) is 23.7 Å². The predicted octanol–water partition coefficient (Wildman–Crippen LogP) is 4.69. The summed E-state index contributed by atoms with van der Waals surface area (Å²) in [6.45, 7) is 8.80. The minimum absolute atomic E-state index is 0.0256. The molecule has 3 aliphatic rings. The average molecular weight is 687 g/mol. The Balaban J connectivity index is 1.11. The average Bonchev–Trinajstić information content (AvgIpc) is 3.02. The number of rotatable bonds is 11. The van der Waals surface area contributed by atoms with Crippen LogP contribution >= 0.6 is 23.2 Å². The summed E-state index contributed by atoms with van der Waals surface area (Å²) < 4.78 is 20.0.